The van der Waals surface area contributed by atoms with Gasteiger partial charge in [0.05, 0.1) is 12.2 Å². The Bertz CT molecular complexity index is 873. The highest BCUT2D eigenvalue weighted by atomic mass is 16.5. The predicted molar refractivity (Wildman–Crippen MR) is 99.5 cm³/mol. The predicted octanol–water partition coefficient (Wildman–Crippen LogP) is 1.93. The number of aryl methyl sites for hydroxylation is 4. The van der Waals surface area contributed by atoms with Gasteiger partial charge in [0, 0.05) is 12.6 Å². The number of carbonyl (C=O) groups excluding carboxylic acids is 1. The van der Waals surface area contributed by atoms with E-state index in [9.17, 15) is 9.59 Å². The van der Waals surface area contributed by atoms with Gasteiger partial charge < -0.3 is 10.1 Å². The molecule has 1 aliphatic rings. The summed E-state index contributed by atoms with van der Waals surface area (Å²) in [6, 6.07) is 7.43. The molecule has 1 N–H and O–H groups in total. The maximum atomic E-state index is 12.2. The molecule has 2 aromatic rings. The monoisotopic (exact) mass is 355 g/mol. The van der Waals surface area contributed by atoms with Crippen molar-refractivity contribution in [2.24, 2.45) is 0 Å². The van der Waals surface area contributed by atoms with Gasteiger partial charge in [0.2, 0.25) is 0 Å². The molecule has 26 heavy (non-hydrogen) atoms. The van der Waals surface area contributed by atoms with Crippen molar-refractivity contribution in [1.29, 1.82) is 0 Å². The first-order chi connectivity index (χ1) is 12.4. The van der Waals surface area contributed by atoms with E-state index in [4.69, 9.17) is 4.74 Å². The molecule has 0 aliphatic heterocycles. The highest BCUT2D eigenvalue weighted by molar-refractivity contribution is 5.80. The van der Waals surface area contributed by atoms with Crippen molar-refractivity contribution >= 4 is 5.91 Å². The van der Waals surface area contributed by atoms with Crippen molar-refractivity contribution in [1.82, 2.24) is 15.1 Å². The van der Waals surface area contributed by atoms with Gasteiger partial charge in [-0.25, -0.2) is 4.68 Å². The quantitative estimate of drug-likeness (QED) is 0.859. The lowest BCUT2D eigenvalue weighted by atomic mass is 10.1. The van der Waals surface area contributed by atoms with Crippen molar-refractivity contribution in [2.75, 3.05) is 6.54 Å². The number of fused-ring (bicyclic) bond motifs is 1. The standard InChI is InChI=1S/C20H25N3O3/c1-13-7-8-17(11-14(13)2)26-15(3)20(25)21-9-10-23-19(24)12-16-5-4-6-18(16)22-23/h7-8,11-12,15H,4-6,9-10H2,1-3H3,(H,21,25). The van der Waals surface area contributed by atoms with Crippen LogP contribution in [-0.2, 0) is 24.2 Å². The molecule has 0 saturated carbocycles. The molecule has 1 aromatic carbocycles. The summed E-state index contributed by atoms with van der Waals surface area (Å²) in [5, 5.41) is 7.21. The van der Waals surface area contributed by atoms with Crippen molar-refractivity contribution in [3.63, 3.8) is 0 Å². The Morgan fingerprint density at radius 1 is 1.27 bits per heavy atom. The Kier molecular flexibility index (Phi) is 5.40. The molecule has 1 aliphatic carbocycles. The lowest BCUT2D eigenvalue weighted by molar-refractivity contribution is -0.127. The Labute approximate surface area is 153 Å². The van der Waals surface area contributed by atoms with E-state index < -0.39 is 6.10 Å². The molecule has 0 radical (unpaired) electrons. The third kappa shape index (κ3) is 4.12. The first-order valence-corrected chi connectivity index (χ1v) is 9.05. The van der Waals surface area contributed by atoms with Crippen LogP contribution in [0.1, 0.15) is 35.7 Å². The molecule has 0 saturated heterocycles. The molecule has 3 rings (SSSR count). The van der Waals surface area contributed by atoms with E-state index in [0.717, 1.165) is 36.1 Å². The highest BCUT2D eigenvalue weighted by Crippen LogP contribution is 2.18. The van der Waals surface area contributed by atoms with Crippen LogP contribution in [-0.4, -0.2) is 28.3 Å². The molecule has 1 aromatic heterocycles. The number of hydrogen-bond acceptors (Lipinski definition) is 4. The van der Waals surface area contributed by atoms with Gasteiger partial charge in [0.15, 0.2) is 6.10 Å². The maximum Gasteiger partial charge on any atom is 0.267 e. The molecule has 138 valence electrons. The molecule has 0 fully saturated rings. The van der Waals surface area contributed by atoms with Gasteiger partial charge in [0.1, 0.15) is 5.75 Å². The van der Waals surface area contributed by atoms with E-state index in [1.165, 1.54) is 10.2 Å². The van der Waals surface area contributed by atoms with E-state index in [2.05, 4.69) is 10.4 Å². The summed E-state index contributed by atoms with van der Waals surface area (Å²) in [6.07, 6.45) is 2.29. The van der Waals surface area contributed by atoms with Crippen molar-refractivity contribution < 1.29 is 9.53 Å². The Hall–Kier alpha value is -2.63. The van der Waals surface area contributed by atoms with E-state index in [0.29, 0.717) is 18.8 Å². The lowest BCUT2D eigenvalue weighted by Crippen LogP contribution is -2.39. The topological polar surface area (TPSA) is 73.2 Å². The Balaban J connectivity index is 1.52. The molecule has 6 heteroatoms. The van der Waals surface area contributed by atoms with Gasteiger partial charge in [-0.1, -0.05) is 6.07 Å². The second-order valence-corrected chi connectivity index (χ2v) is 6.83. The first kappa shape index (κ1) is 18.2. The molecule has 1 atom stereocenters. The highest BCUT2D eigenvalue weighted by Gasteiger charge is 2.16. The molecular formula is C20H25N3O3. The number of ether oxygens (including phenoxy) is 1. The summed E-state index contributed by atoms with van der Waals surface area (Å²) < 4.78 is 7.13. The minimum Gasteiger partial charge on any atom is -0.481 e. The summed E-state index contributed by atoms with van der Waals surface area (Å²) in [4.78, 5) is 24.3. The van der Waals surface area contributed by atoms with Crippen LogP contribution in [0.3, 0.4) is 0 Å². The summed E-state index contributed by atoms with van der Waals surface area (Å²) in [5.74, 6) is 0.463. The number of amides is 1. The molecule has 1 unspecified atom stereocenters. The van der Waals surface area contributed by atoms with E-state index in [1.54, 1.807) is 13.0 Å². The Morgan fingerprint density at radius 2 is 2.08 bits per heavy atom. The Morgan fingerprint density at radius 3 is 2.85 bits per heavy atom. The van der Waals surface area contributed by atoms with E-state index in [-0.39, 0.29) is 11.5 Å². The number of aromatic nitrogens is 2. The summed E-state index contributed by atoms with van der Waals surface area (Å²) in [6.45, 7) is 6.45. The average Bonchev–Trinajstić information content (AvgIpc) is 3.05. The third-order valence-corrected chi connectivity index (χ3v) is 4.81. The minimum absolute atomic E-state index is 0.112. The fourth-order valence-electron chi connectivity index (χ4n) is 3.07. The number of nitrogens with one attached hydrogen (secondary N) is 1. The van der Waals surface area contributed by atoms with Gasteiger partial charge in [-0.15, -0.1) is 0 Å². The zero-order valence-electron chi connectivity index (χ0n) is 15.5. The summed E-state index contributed by atoms with van der Waals surface area (Å²) in [5.41, 5.74) is 4.26. The number of carbonyl (C=O) groups is 1. The first-order valence-electron chi connectivity index (χ1n) is 9.05. The van der Waals surface area contributed by atoms with Gasteiger partial charge in [-0.05, 0) is 68.9 Å². The summed E-state index contributed by atoms with van der Waals surface area (Å²) >= 11 is 0. The summed E-state index contributed by atoms with van der Waals surface area (Å²) in [7, 11) is 0. The second-order valence-electron chi connectivity index (χ2n) is 6.83. The van der Waals surface area contributed by atoms with Crippen LogP contribution in [0.2, 0.25) is 0 Å². The smallest absolute Gasteiger partial charge is 0.267 e. The molecular weight excluding hydrogens is 330 g/mol. The molecule has 0 spiro atoms. The zero-order valence-corrected chi connectivity index (χ0v) is 15.5. The third-order valence-electron chi connectivity index (χ3n) is 4.81. The van der Waals surface area contributed by atoms with Crippen LogP contribution < -0.4 is 15.6 Å². The van der Waals surface area contributed by atoms with Gasteiger partial charge in [-0.3, -0.25) is 9.59 Å². The molecule has 1 amide bonds. The van der Waals surface area contributed by atoms with Crippen molar-refractivity contribution in [3.8, 4) is 5.75 Å². The van der Waals surface area contributed by atoms with Crippen molar-refractivity contribution in [2.45, 2.75) is 52.7 Å². The normalized spacial score (nSPS) is 14.0. The largest absolute Gasteiger partial charge is 0.481 e. The second kappa shape index (κ2) is 7.72. The van der Waals surface area contributed by atoms with Crippen LogP contribution in [0.25, 0.3) is 0 Å². The van der Waals surface area contributed by atoms with Gasteiger partial charge >= 0.3 is 0 Å². The number of nitrogens with zero attached hydrogens (tertiary/aromatic N) is 2. The van der Waals surface area contributed by atoms with Crippen LogP contribution in [0, 0.1) is 13.8 Å². The van der Waals surface area contributed by atoms with E-state index >= 15 is 0 Å². The van der Waals surface area contributed by atoms with E-state index in [1.807, 2.05) is 32.0 Å². The van der Waals surface area contributed by atoms with Gasteiger partial charge in [-0.2, -0.15) is 5.10 Å². The fraction of sp³-hybridized carbons (Fsp3) is 0.450. The number of benzene rings is 1. The average molecular weight is 355 g/mol. The van der Waals surface area contributed by atoms with Crippen LogP contribution in [0.4, 0.5) is 0 Å². The lowest BCUT2D eigenvalue weighted by Gasteiger charge is -2.16. The number of rotatable bonds is 6. The fourth-order valence-corrected chi connectivity index (χ4v) is 3.07. The zero-order chi connectivity index (χ0) is 18.7. The van der Waals surface area contributed by atoms with Crippen LogP contribution in [0.15, 0.2) is 29.1 Å². The van der Waals surface area contributed by atoms with Crippen molar-refractivity contribution in [3.05, 3.63) is 57.0 Å². The maximum absolute atomic E-state index is 12.2. The SMILES string of the molecule is Cc1ccc(OC(C)C(=O)NCCn2nc3c(cc2=O)CCC3)cc1C. The van der Waals surface area contributed by atoms with Crippen LogP contribution >= 0.6 is 0 Å². The molecule has 6 nitrogen and oxygen atoms in total. The molecule has 1 heterocycles. The minimum atomic E-state index is -0.609. The number of hydrogen-bond donors (Lipinski definition) is 1. The molecule has 0 bridgehead atoms. The van der Waals surface area contributed by atoms with Gasteiger partial charge in [0.25, 0.3) is 11.5 Å². The van der Waals surface area contributed by atoms with Crippen LogP contribution in [0.5, 0.6) is 5.75 Å².